The van der Waals surface area contributed by atoms with Gasteiger partial charge in [0.25, 0.3) is 0 Å². The fourth-order valence-electron chi connectivity index (χ4n) is 10.6. The van der Waals surface area contributed by atoms with Gasteiger partial charge in [-0.1, -0.05) is 117 Å². The van der Waals surface area contributed by atoms with Crippen molar-refractivity contribution in [2.75, 3.05) is 4.90 Å². The number of carbonyl (C=O) groups is 1. The minimum absolute atomic E-state index is 0.133. The molecule has 2 nitrogen and oxygen atoms in total. The van der Waals surface area contributed by atoms with Crippen LogP contribution < -0.4 is 4.90 Å². The molecule has 0 heterocycles. The smallest absolute Gasteiger partial charge is 0.193 e. The number of hydrogen-bond acceptors (Lipinski definition) is 2. The Morgan fingerprint density at radius 1 is 0.436 bits per heavy atom. The van der Waals surface area contributed by atoms with E-state index in [1.54, 1.807) is 0 Å². The third-order valence-corrected chi connectivity index (χ3v) is 13.3. The van der Waals surface area contributed by atoms with E-state index in [2.05, 4.69) is 174 Å². The molecule has 55 heavy (non-hydrogen) atoms. The normalized spacial score (nSPS) is 16.6. The van der Waals surface area contributed by atoms with Gasteiger partial charge in [-0.2, -0.15) is 0 Å². The third-order valence-electron chi connectivity index (χ3n) is 13.3. The van der Waals surface area contributed by atoms with Crippen molar-refractivity contribution in [3.05, 3.63) is 206 Å². The highest BCUT2D eigenvalue weighted by Gasteiger charge is 2.53. The number of hydrogen-bond donors (Lipinski definition) is 0. The quantitative estimate of drug-likeness (QED) is 0.177. The standard InChI is InChI=1S/C53H45NO/c1-7-52(8-2)43-18-12-11-17-40(43)51(55)42-31-48-41(30-46(42)52)38-16-10-14-20-45(38)53(48)44-19-13-9-15-37(44)39-26-25-36(29-47(39)53)54(49-27-32(3)21-23-34(49)5)50-28-33(4)22-24-35(50)6/h9-31H,7-8H2,1-6H3. The fourth-order valence-corrected chi connectivity index (χ4v) is 10.6. The largest absolute Gasteiger partial charge is 0.310 e. The first-order valence-electron chi connectivity index (χ1n) is 19.8. The number of aryl methyl sites for hydroxylation is 4. The Kier molecular flexibility index (Phi) is 7.33. The summed E-state index contributed by atoms with van der Waals surface area (Å²) in [5.74, 6) is 0.133. The minimum atomic E-state index is -0.601. The van der Waals surface area contributed by atoms with E-state index in [1.165, 1.54) is 83.7 Å². The van der Waals surface area contributed by atoms with Crippen LogP contribution in [-0.2, 0) is 10.8 Å². The maximum absolute atomic E-state index is 14.8. The molecule has 0 aromatic heterocycles. The molecule has 0 amide bonds. The van der Waals surface area contributed by atoms with Crippen LogP contribution in [0.5, 0.6) is 0 Å². The van der Waals surface area contributed by atoms with Crippen LogP contribution in [-0.4, -0.2) is 5.78 Å². The Morgan fingerprint density at radius 2 is 0.927 bits per heavy atom. The summed E-state index contributed by atoms with van der Waals surface area (Å²) in [6, 6.07) is 51.7. The van der Waals surface area contributed by atoms with Crippen LogP contribution >= 0.6 is 0 Å². The Morgan fingerprint density at radius 3 is 1.53 bits per heavy atom. The third kappa shape index (κ3) is 4.40. The average Bonchev–Trinajstić information content (AvgIpc) is 3.67. The molecule has 268 valence electrons. The number of benzene rings is 7. The molecule has 0 fully saturated rings. The number of rotatable bonds is 5. The molecular formula is C53H45NO. The summed E-state index contributed by atoms with van der Waals surface area (Å²) in [6.07, 6.45) is 1.85. The van der Waals surface area contributed by atoms with E-state index in [-0.39, 0.29) is 11.2 Å². The second kappa shape index (κ2) is 12.0. The summed E-state index contributed by atoms with van der Waals surface area (Å²) < 4.78 is 0. The summed E-state index contributed by atoms with van der Waals surface area (Å²) in [7, 11) is 0. The van der Waals surface area contributed by atoms with Gasteiger partial charge in [-0.25, -0.2) is 0 Å². The summed E-state index contributed by atoms with van der Waals surface area (Å²) in [4.78, 5) is 17.2. The molecule has 3 aliphatic carbocycles. The van der Waals surface area contributed by atoms with Crippen molar-refractivity contribution < 1.29 is 4.79 Å². The van der Waals surface area contributed by atoms with Crippen LogP contribution in [0.4, 0.5) is 17.1 Å². The van der Waals surface area contributed by atoms with Gasteiger partial charge in [0.15, 0.2) is 5.78 Å². The number of nitrogens with zero attached hydrogens (tertiary/aromatic N) is 1. The lowest BCUT2D eigenvalue weighted by Gasteiger charge is -2.40. The second-order valence-electron chi connectivity index (χ2n) is 16.1. The van der Waals surface area contributed by atoms with Crippen LogP contribution in [0, 0.1) is 27.7 Å². The van der Waals surface area contributed by atoms with Crippen molar-refractivity contribution in [1.29, 1.82) is 0 Å². The molecule has 0 aliphatic heterocycles. The SMILES string of the molecule is CCC1(CC)c2ccccc2C(=O)c2cc3c(cc21)-c1ccccc1C31c2ccccc2-c2ccc(N(c3cc(C)ccc3C)c3cc(C)ccc3C)cc21. The highest BCUT2D eigenvalue weighted by Crippen LogP contribution is 2.64. The Balaban J connectivity index is 1.30. The predicted molar refractivity (Wildman–Crippen MR) is 228 cm³/mol. The zero-order chi connectivity index (χ0) is 37.8. The molecule has 0 bridgehead atoms. The van der Waals surface area contributed by atoms with Gasteiger partial charge in [0.1, 0.15) is 0 Å². The first-order valence-corrected chi connectivity index (χ1v) is 19.8. The maximum atomic E-state index is 14.8. The Hall–Kier alpha value is -5.99. The van der Waals surface area contributed by atoms with Gasteiger partial charge in [0.2, 0.25) is 0 Å². The molecule has 0 saturated carbocycles. The van der Waals surface area contributed by atoms with Crippen LogP contribution in [0.15, 0.2) is 140 Å². The summed E-state index contributed by atoms with van der Waals surface area (Å²) in [5, 5.41) is 0. The van der Waals surface area contributed by atoms with E-state index in [4.69, 9.17) is 0 Å². The Labute approximate surface area is 325 Å². The van der Waals surface area contributed by atoms with Crippen LogP contribution in [0.2, 0.25) is 0 Å². The zero-order valence-electron chi connectivity index (χ0n) is 32.5. The van der Waals surface area contributed by atoms with Gasteiger partial charge in [-0.15, -0.1) is 0 Å². The molecule has 2 heteroatoms. The van der Waals surface area contributed by atoms with Crippen molar-refractivity contribution in [2.45, 2.75) is 65.2 Å². The molecule has 7 aromatic carbocycles. The highest BCUT2D eigenvalue weighted by molar-refractivity contribution is 6.14. The van der Waals surface area contributed by atoms with Crippen molar-refractivity contribution in [2.24, 2.45) is 0 Å². The lowest BCUT2D eigenvalue weighted by atomic mass is 9.62. The van der Waals surface area contributed by atoms with Crippen LogP contribution in [0.1, 0.15) is 98.2 Å². The lowest BCUT2D eigenvalue weighted by Crippen LogP contribution is -2.35. The monoisotopic (exact) mass is 711 g/mol. The number of anilines is 3. The predicted octanol–water partition coefficient (Wildman–Crippen LogP) is 13.4. The minimum Gasteiger partial charge on any atom is -0.310 e. The molecule has 0 radical (unpaired) electrons. The van der Waals surface area contributed by atoms with E-state index < -0.39 is 5.41 Å². The van der Waals surface area contributed by atoms with Crippen molar-refractivity contribution >= 4 is 22.8 Å². The van der Waals surface area contributed by atoms with E-state index in [9.17, 15) is 4.79 Å². The molecule has 0 N–H and O–H groups in total. The number of carbonyl (C=O) groups excluding carboxylic acids is 1. The lowest BCUT2D eigenvalue weighted by molar-refractivity contribution is 0.102. The molecule has 7 aromatic rings. The maximum Gasteiger partial charge on any atom is 0.193 e. The number of fused-ring (bicyclic) bond motifs is 12. The molecule has 3 aliphatic rings. The van der Waals surface area contributed by atoms with Gasteiger partial charge < -0.3 is 4.90 Å². The average molecular weight is 712 g/mol. The van der Waals surface area contributed by atoms with Gasteiger partial charge in [-0.05, 0) is 155 Å². The molecular weight excluding hydrogens is 667 g/mol. The van der Waals surface area contributed by atoms with Crippen molar-refractivity contribution in [1.82, 2.24) is 0 Å². The van der Waals surface area contributed by atoms with E-state index in [0.717, 1.165) is 35.2 Å². The zero-order valence-corrected chi connectivity index (χ0v) is 32.5. The summed E-state index contributed by atoms with van der Waals surface area (Å²) >= 11 is 0. The van der Waals surface area contributed by atoms with Gasteiger partial charge >= 0.3 is 0 Å². The molecule has 0 saturated heterocycles. The van der Waals surface area contributed by atoms with Crippen LogP contribution in [0.25, 0.3) is 22.3 Å². The molecule has 1 unspecified atom stereocenters. The second-order valence-corrected chi connectivity index (χ2v) is 16.1. The highest BCUT2D eigenvalue weighted by atomic mass is 16.1. The summed E-state index contributed by atoms with van der Waals surface area (Å²) in [6.45, 7) is 13.3. The van der Waals surface area contributed by atoms with E-state index >= 15 is 0 Å². The van der Waals surface area contributed by atoms with Gasteiger partial charge in [0.05, 0.1) is 5.41 Å². The molecule has 10 rings (SSSR count). The van der Waals surface area contributed by atoms with E-state index in [1.807, 2.05) is 12.1 Å². The van der Waals surface area contributed by atoms with Crippen molar-refractivity contribution in [3.63, 3.8) is 0 Å². The van der Waals surface area contributed by atoms with E-state index in [0.29, 0.717) is 0 Å². The number of ketones is 1. The topological polar surface area (TPSA) is 20.3 Å². The molecule has 1 spiro atoms. The van der Waals surface area contributed by atoms with Crippen LogP contribution in [0.3, 0.4) is 0 Å². The first kappa shape index (κ1) is 33.6. The summed E-state index contributed by atoms with van der Waals surface area (Å²) in [5.41, 5.74) is 21.6. The van der Waals surface area contributed by atoms with Gasteiger partial charge in [-0.3, -0.25) is 4.79 Å². The van der Waals surface area contributed by atoms with Crippen molar-refractivity contribution in [3.8, 4) is 22.3 Å². The molecule has 1 atom stereocenters. The Bertz CT molecular complexity index is 2710. The first-order chi connectivity index (χ1) is 26.7. The van der Waals surface area contributed by atoms with Gasteiger partial charge in [0, 0.05) is 33.6 Å². The fraction of sp³-hybridized carbons (Fsp3) is 0.189.